The van der Waals surface area contributed by atoms with Gasteiger partial charge in [0, 0.05) is 43.9 Å². The summed E-state index contributed by atoms with van der Waals surface area (Å²) in [5.41, 5.74) is 15.4. The van der Waals surface area contributed by atoms with E-state index in [2.05, 4.69) is 165 Å². The molecule has 266 valence electrons. The highest BCUT2D eigenvalue weighted by Gasteiger charge is 2.22. The van der Waals surface area contributed by atoms with E-state index in [0.717, 1.165) is 94.4 Å². The molecule has 0 radical (unpaired) electrons. The van der Waals surface area contributed by atoms with E-state index < -0.39 is 0 Å². The van der Waals surface area contributed by atoms with Gasteiger partial charge in [-0.2, -0.15) is 4.98 Å². The standard InChI is InChI=1S/C51H30N4O2/c1-2-11-34(12-3-1)54-45-30-33(24-28-44(45)55-48-40-15-6-9-20-47(40)57-50(48)52-51(54)55)32-23-27-43-41(29-32)37-13-4-7-18-42(37)53(43)35-25-21-31(22-26-35)36-16-10-17-39-38-14-5-8-19-46(38)56-49(36)39/h1-30H. The van der Waals surface area contributed by atoms with Gasteiger partial charge in [-0.15, -0.1) is 0 Å². The highest BCUT2D eigenvalue weighted by Crippen LogP contribution is 2.40. The zero-order valence-electron chi connectivity index (χ0n) is 30.4. The Balaban J connectivity index is 0.962. The molecule has 0 spiro atoms. The van der Waals surface area contributed by atoms with Crippen LogP contribution in [0.4, 0.5) is 0 Å². The summed E-state index contributed by atoms with van der Waals surface area (Å²) in [5, 5.41) is 5.75. The highest BCUT2D eigenvalue weighted by molar-refractivity contribution is 6.12. The van der Waals surface area contributed by atoms with Gasteiger partial charge in [-0.1, -0.05) is 109 Å². The first-order chi connectivity index (χ1) is 28.3. The monoisotopic (exact) mass is 730 g/mol. The number of aromatic nitrogens is 4. The van der Waals surface area contributed by atoms with Gasteiger partial charge >= 0.3 is 0 Å². The van der Waals surface area contributed by atoms with Crippen LogP contribution in [0.3, 0.4) is 0 Å². The van der Waals surface area contributed by atoms with E-state index in [0.29, 0.717) is 5.71 Å². The number of imidazole rings is 2. The lowest BCUT2D eigenvalue weighted by molar-refractivity contribution is 0.656. The molecule has 0 aliphatic rings. The molecule has 0 bridgehead atoms. The summed E-state index contributed by atoms with van der Waals surface area (Å²) in [5.74, 6) is 0.826. The summed E-state index contributed by atoms with van der Waals surface area (Å²) in [6, 6.07) is 64.4. The molecule has 0 N–H and O–H groups in total. The molecule has 0 fully saturated rings. The summed E-state index contributed by atoms with van der Waals surface area (Å²) in [4.78, 5) is 5.07. The molecular weight excluding hydrogens is 701 g/mol. The van der Waals surface area contributed by atoms with Crippen LogP contribution in [-0.4, -0.2) is 18.5 Å². The van der Waals surface area contributed by atoms with Crippen LogP contribution in [0, 0.1) is 0 Å². The predicted molar refractivity (Wildman–Crippen MR) is 232 cm³/mol. The maximum Gasteiger partial charge on any atom is 0.248 e. The Kier molecular flexibility index (Phi) is 6.07. The number of furan rings is 2. The summed E-state index contributed by atoms with van der Waals surface area (Å²) in [6.45, 7) is 0. The molecule has 0 aliphatic heterocycles. The molecule has 0 amide bonds. The van der Waals surface area contributed by atoms with Crippen molar-refractivity contribution in [3.05, 3.63) is 182 Å². The number of hydrogen-bond donors (Lipinski definition) is 0. The maximum absolute atomic E-state index is 6.38. The Morgan fingerprint density at radius 1 is 0.386 bits per heavy atom. The number of para-hydroxylation sites is 5. The molecule has 6 nitrogen and oxygen atoms in total. The predicted octanol–water partition coefficient (Wildman–Crippen LogP) is 13.5. The van der Waals surface area contributed by atoms with Crippen molar-refractivity contribution < 1.29 is 8.83 Å². The van der Waals surface area contributed by atoms with Gasteiger partial charge in [-0.3, -0.25) is 8.97 Å². The third-order valence-electron chi connectivity index (χ3n) is 11.7. The fraction of sp³-hybridized carbons (Fsp3) is 0. The Morgan fingerprint density at radius 2 is 1.02 bits per heavy atom. The highest BCUT2D eigenvalue weighted by atomic mass is 16.3. The Hall–Kier alpha value is -7.83. The van der Waals surface area contributed by atoms with Gasteiger partial charge < -0.3 is 13.4 Å². The average molecular weight is 731 g/mol. The van der Waals surface area contributed by atoms with E-state index in [1.807, 2.05) is 30.3 Å². The van der Waals surface area contributed by atoms with Gasteiger partial charge in [0.05, 0.1) is 22.1 Å². The second kappa shape index (κ2) is 11.4. The molecule has 5 aromatic heterocycles. The van der Waals surface area contributed by atoms with Gasteiger partial charge in [-0.05, 0) is 89.5 Å². The van der Waals surface area contributed by atoms with E-state index in [-0.39, 0.29) is 0 Å². The van der Waals surface area contributed by atoms with Crippen LogP contribution in [0.25, 0.3) is 116 Å². The topological polar surface area (TPSA) is 53.4 Å². The van der Waals surface area contributed by atoms with Crippen LogP contribution in [0.1, 0.15) is 0 Å². The van der Waals surface area contributed by atoms with Crippen molar-refractivity contribution in [2.24, 2.45) is 0 Å². The second-order valence-electron chi connectivity index (χ2n) is 14.8. The first kappa shape index (κ1) is 30.5. The first-order valence-corrected chi connectivity index (χ1v) is 19.2. The number of hydrogen-bond acceptors (Lipinski definition) is 3. The molecule has 13 aromatic rings. The molecule has 0 atom stereocenters. The van der Waals surface area contributed by atoms with Crippen molar-refractivity contribution in [1.82, 2.24) is 18.5 Å². The Morgan fingerprint density at radius 3 is 1.86 bits per heavy atom. The zero-order chi connectivity index (χ0) is 37.2. The normalized spacial score (nSPS) is 12.2. The molecule has 6 heteroatoms. The lowest BCUT2D eigenvalue weighted by Gasteiger charge is -2.10. The maximum atomic E-state index is 6.38. The van der Waals surface area contributed by atoms with E-state index in [9.17, 15) is 0 Å². The fourth-order valence-electron chi connectivity index (χ4n) is 9.14. The van der Waals surface area contributed by atoms with Crippen LogP contribution < -0.4 is 0 Å². The number of benzene rings is 8. The first-order valence-electron chi connectivity index (χ1n) is 19.2. The van der Waals surface area contributed by atoms with Gasteiger partial charge in [0.1, 0.15) is 22.3 Å². The third-order valence-corrected chi connectivity index (χ3v) is 11.7. The minimum Gasteiger partial charge on any atom is -0.455 e. The smallest absolute Gasteiger partial charge is 0.248 e. The molecule has 0 saturated heterocycles. The quantitative estimate of drug-likeness (QED) is 0.181. The van der Waals surface area contributed by atoms with Gasteiger partial charge in [0.2, 0.25) is 11.5 Å². The third kappa shape index (κ3) is 4.26. The SMILES string of the molecule is c1ccc(-n2c3cc(-c4ccc5c(c4)c4ccccc4n5-c4ccc(-c5cccc6c5oc5ccccc56)cc4)ccc3n3c4c(nc23)oc2ccccc24)cc1. The lowest BCUT2D eigenvalue weighted by Crippen LogP contribution is -1.95. The van der Waals surface area contributed by atoms with Crippen molar-refractivity contribution in [2.75, 3.05) is 0 Å². The summed E-state index contributed by atoms with van der Waals surface area (Å²) in [7, 11) is 0. The molecule has 13 rings (SSSR count). The van der Waals surface area contributed by atoms with Crippen LogP contribution in [-0.2, 0) is 0 Å². The molecule has 0 aliphatic carbocycles. The molecule has 0 unspecified atom stereocenters. The van der Waals surface area contributed by atoms with Crippen LogP contribution in [0.2, 0.25) is 0 Å². The molecule has 5 heterocycles. The van der Waals surface area contributed by atoms with Gasteiger partial charge in [-0.25, -0.2) is 0 Å². The minimum absolute atomic E-state index is 0.641. The van der Waals surface area contributed by atoms with Crippen molar-refractivity contribution in [1.29, 1.82) is 0 Å². The van der Waals surface area contributed by atoms with Crippen molar-refractivity contribution in [2.45, 2.75) is 0 Å². The van der Waals surface area contributed by atoms with Crippen molar-refractivity contribution in [3.63, 3.8) is 0 Å². The molecule has 57 heavy (non-hydrogen) atoms. The van der Waals surface area contributed by atoms with Crippen LogP contribution in [0.5, 0.6) is 0 Å². The largest absolute Gasteiger partial charge is 0.455 e. The summed E-state index contributed by atoms with van der Waals surface area (Å²) < 4.78 is 19.5. The molecule has 8 aromatic carbocycles. The summed E-state index contributed by atoms with van der Waals surface area (Å²) >= 11 is 0. The zero-order valence-corrected chi connectivity index (χ0v) is 30.4. The van der Waals surface area contributed by atoms with Crippen LogP contribution in [0.15, 0.2) is 191 Å². The summed E-state index contributed by atoms with van der Waals surface area (Å²) in [6.07, 6.45) is 0. The van der Waals surface area contributed by atoms with Gasteiger partial charge in [0.25, 0.3) is 0 Å². The van der Waals surface area contributed by atoms with Gasteiger partial charge in [0.15, 0.2) is 0 Å². The number of rotatable bonds is 4. The van der Waals surface area contributed by atoms with Crippen LogP contribution >= 0.6 is 0 Å². The van der Waals surface area contributed by atoms with E-state index in [1.165, 1.54) is 16.3 Å². The fourth-order valence-corrected chi connectivity index (χ4v) is 9.14. The van der Waals surface area contributed by atoms with E-state index >= 15 is 0 Å². The molecule has 0 saturated carbocycles. The van der Waals surface area contributed by atoms with E-state index in [1.54, 1.807) is 0 Å². The van der Waals surface area contributed by atoms with Crippen molar-refractivity contribution >= 4 is 82.8 Å². The number of fused-ring (bicyclic) bond motifs is 13. The average Bonchev–Trinajstić information content (AvgIpc) is 4.06. The van der Waals surface area contributed by atoms with E-state index in [4.69, 9.17) is 13.8 Å². The second-order valence-corrected chi connectivity index (χ2v) is 14.8. The lowest BCUT2D eigenvalue weighted by atomic mass is 10.0. The Labute approximate surface area is 324 Å². The minimum atomic E-state index is 0.641. The molecular formula is C51H30N4O2. The van der Waals surface area contributed by atoms with Crippen molar-refractivity contribution in [3.8, 4) is 33.6 Å². The Bertz CT molecular complexity index is 3740. The number of nitrogens with zero attached hydrogens (tertiary/aromatic N) is 4.